The smallest absolute Gasteiger partial charge is 0.190 e. The highest BCUT2D eigenvalue weighted by molar-refractivity contribution is 14.0. The van der Waals surface area contributed by atoms with Gasteiger partial charge in [0.1, 0.15) is 0 Å². The van der Waals surface area contributed by atoms with Crippen molar-refractivity contribution in [3.05, 3.63) is 0 Å². The third kappa shape index (κ3) is 9.19. The van der Waals surface area contributed by atoms with E-state index in [9.17, 15) is 0 Å². The average molecular weight is 481 g/mol. The number of rotatable bonds is 8. The van der Waals surface area contributed by atoms with Crippen LogP contribution in [0, 0.1) is 5.92 Å². The number of guanidine groups is 1. The quantitative estimate of drug-likeness (QED) is 0.241. The molecule has 0 amide bonds. The zero-order chi connectivity index (χ0) is 17.9. The van der Waals surface area contributed by atoms with Crippen LogP contribution in [0.4, 0.5) is 0 Å². The van der Waals surface area contributed by atoms with E-state index in [4.69, 9.17) is 4.74 Å². The van der Waals surface area contributed by atoms with E-state index >= 15 is 0 Å². The van der Waals surface area contributed by atoms with Crippen molar-refractivity contribution in [2.75, 3.05) is 66.1 Å². The van der Waals surface area contributed by atoms with E-state index in [0.29, 0.717) is 5.92 Å². The molecule has 0 bridgehead atoms. The molecule has 0 spiro atoms. The van der Waals surface area contributed by atoms with Crippen molar-refractivity contribution in [2.45, 2.75) is 45.6 Å². The van der Waals surface area contributed by atoms with Crippen LogP contribution in [-0.2, 0) is 4.74 Å². The Morgan fingerprint density at radius 1 is 1.19 bits per heavy atom. The van der Waals surface area contributed by atoms with Crippen molar-refractivity contribution in [2.24, 2.45) is 10.9 Å². The second kappa shape index (κ2) is 14.0. The van der Waals surface area contributed by atoms with E-state index in [1.54, 1.807) is 0 Å². The van der Waals surface area contributed by atoms with Gasteiger partial charge in [0.05, 0.1) is 13.2 Å². The third-order valence-electron chi connectivity index (χ3n) is 5.37. The highest BCUT2D eigenvalue weighted by Gasteiger charge is 2.17. The molecule has 2 heterocycles. The number of hydrogen-bond acceptors (Lipinski definition) is 4. The lowest BCUT2D eigenvalue weighted by atomic mass is 10.0. The first-order valence-electron chi connectivity index (χ1n) is 10.2. The minimum Gasteiger partial charge on any atom is -0.379 e. The molecule has 6 nitrogen and oxygen atoms in total. The Balaban J connectivity index is 0.00000338. The molecule has 154 valence electrons. The third-order valence-corrected chi connectivity index (χ3v) is 5.37. The monoisotopic (exact) mass is 481 g/mol. The van der Waals surface area contributed by atoms with Gasteiger partial charge in [-0.1, -0.05) is 13.3 Å². The summed E-state index contributed by atoms with van der Waals surface area (Å²) in [5, 5.41) is 6.93. The molecule has 2 saturated heterocycles. The van der Waals surface area contributed by atoms with Crippen LogP contribution in [0.3, 0.4) is 0 Å². The fraction of sp³-hybridized carbons (Fsp3) is 0.947. The molecule has 2 aliphatic heterocycles. The van der Waals surface area contributed by atoms with Crippen molar-refractivity contribution in [1.29, 1.82) is 0 Å². The van der Waals surface area contributed by atoms with Gasteiger partial charge in [0.2, 0.25) is 0 Å². The van der Waals surface area contributed by atoms with Crippen molar-refractivity contribution in [3.8, 4) is 0 Å². The summed E-state index contributed by atoms with van der Waals surface area (Å²) < 4.78 is 5.41. The molecule has 26 heavy (non-hydrogen) atoms. The summed E-state index contributed by atoms with van der Waals surface area (Å²) in [6.07, 6.45) is 5.29. The summed E-state index contributed by atoms with van der Waals surface area (Å²) in [4.78, 5) is 9.48. The van der Waals surface area contributed by atoms with E-state index in [1.165, 1.54) is 38.8 Å². The minimum absolute atomic E-state index is 0. The number of nitrogens with zero attached hydrogens (tertiary/aromatic N) is 3. The number of morpholine rings is 1. The molecule has 2 atom stereocenters. The van der Waals surface area contributed by atoms with Crippen LogP contribution in [0.1, 0.15) is 39.5 Å². The lowest BCUT2D eigenvalue weighted by Crippen LogP contribution is -2.44. The Bertz CT molecular complexity index is 390. The number of halogens is 1. The molecule has 0 aromatic rings. The zero-order valence-electron chi connectivity index (χ0n) is 17.0. The van der Waals surface area contributed by atoms with Crippen molar-refractivity contribution >= 4 is 29.9 Å². The number of hydrogen-bond donors (Lipinski definition) is 2. The maximum Gasteiger partial charge on any atom is 0.190 e. The standard InChI is InChI=1S/C19H39N5O.HI/c1-17(16-23-11-13-25-14-12-23)15-22-19(20-3)21-8-6-10-24-9-5-4-7-18(24)2;/h17-18H,4-16H2,1-3H3,(H2,20,21,22);1H. The molecule has 2 N–H and O–H groups in total. The van der Waals surface area contributed by atoms with Crippen LogP contribution >= 0.6 is 24.0 Å². The van der Waals surface area contributed by atoms with Gasteiger partial charge in [-0.3, -0.25) is 9.89 Å². The summed E-state index contributed by atoms with van der Waals surface area (Å²) in [7, 11) is 1.86. The van der Waals surface area contributed by atoms with Crippen LogP contribution in [0.15, 0.2) is 4.99 Å². The van der Waals surface area contributed by atoms with E-state index in [2.05, 4.69) is 39.3 Å². The van der Waals surface area contributed by atoms with Crippen LogP contribution in [0.2, 0.25) is 0 Å². The Kier molecular flexibility index (Phi) is 12.8. The van der Waals surface area contributed by atoms with Crippen LogP contribution in [0.25, 0.3) is 0 Å². The van der Waals surface area contributed by atoms with Crippen LogP contribution in [-0.4, -0.2) is 87.9 Å². The molecule has 2 fully saturated rings. The lowest BCUT2D eigenvalue weighted by molar-refractivity contribution is 0.0320. The summed E-state index contributed by atoms with van der Waals surface area (Å²) in [6.45, 7) is 14.1. The van der Waals surface area contributed by atoms with Gasteiger partial charge in [0.25, 0.3) is 0 Å². The van der Waals surface area contributed by atoms with Crippen molar-refractivity contribution in [1.82, 2.24) is 20.4 Å². The Morgan fingerprint density at radius 2 is 1.96 bits per heavy atom. The summed E-state index contributed by atoms with van der Waals surface area (Å²) in [6, 6.07) is 0.757. The topological polar surface area (TPSA) is 52.1 Å². The second-order valence-corrected chi connectivity index (χ2v) is 7.63. The molecule has 0 aromatic heterocycles. The molecule has 2 unspecified atom stereocenters. The van der Waals surface area contributed by atoms with Crippen molar-refractivity contribution < 1.29 is 4.74 Å². The molecule has 0 saturated carbocycles. The number of likely N-dealkylation sites (tertiary alicyclic amines) is 1. The Hall–Kier alpha value is -0.120. The first-order chi connectivity index (χ1) is 12.2. The highest BCUT2D eigenvalue weighted by Crippen LogP contribution is 2.16. The van der Waals surface area contributed by atoms with Gasteiger partial charge in [-0.25, -0.2) is 0 Å². The fourth-order valence-electron chi connectivity index (χ4n) is 3.76. The van der Waals surface area contributed by atoms with Gasteiger partial charge < -0.3 is 20.3 Å². The normalized spacial score (nSPS) is 24.0. The average Bonchev–Trinajstić information content (AvgIpc) is 2.63. The highest BCUT2D eigenvalue weighted by atomic mass is 127. The van der Waals surface area contributed by atoms with E-state index < -0.39 is 0 Å². The predicted molar refractivity (Wildman–Crippen MR) is 121 cm³/mol. The van der Waals surface area contributed by atoms with Gasteiger partial charge >= 0.3 is 0 Å². The van der Waals surface area contributed by atoms with Crippen molar-refractivity contribution in [3.63, 3.8) is 0 Å². The number of aliphatic imine (C=N–C) groups is 1. The maximum atomic E-state index is 5.41. The lowest BCUT2D eigenvalue weighted by Gasteiger charge is -2.33. The molecule has 0 radical (unpaired) electrons. The molecular weight excluding hydrogens is 441 g/mol. The first kappa shape index (κ1) is 23.9. The summed E-state index contributed by atoms with van der Waals surface area (Å²) in [5.74, 6) is 1.53. The molecule has 7 heteroatoms. The van der Waals surface area contributed by atoms with Crippen LogP contribution < -0.4 is 10.6 Å². The Labute approximate surface area is 177 Å². The summed E-state index contributed by atoms with van der Waals surface area (Å²) in [5.41, 5.74) is 0. The summed E-state index contributed by atoms with van der Waals surface area (Å²) >= 11 is 0. The van der Waals surface area contributed by atoms with Crippen LogP contribution in [0.5, 0.6) is 0 Å². The molecule has 2 aliphatic rings. The molecular formula is C19H40IN5O. The van der Waals surface area contributed by atoms with E-state index in [0.717, 1.165) is 57.9 Å². The maximum absolute atomic E-state index is 5.41. The van der Waals surface area contributed by atoms with E-state index in [1.807, 2.05) is 7.05 Å². The number of ether oxygens (including phenoxy) is 1. The predicted octanol–water partition coefficient (Wildman–Crippen LogP) is 2.00. The Morgan fingerprint density at radius 3 is 2.65 bits per heavy atom. The van der Waals surface area contributed by atoms with Gasteiger partial charge in [-0.2, -0.15) is 0 Å². The van der Waals surface area contributed by atoms with Gasteiger partial charge in [0.15, 0.2) is 5.96 Å². The SMILES string of the molecule is CN=C(NCCCN1CCCCC1C)NCC(C)CN1CCOCC1.I. The molecule has 0 aromatic carbocycles. The molecule has 2 rings (SSSR count). The largest absolute Gasteiger partial charge is 0.379 e. The first-order valence-corrected chi connectivity index (χ1v) is 10.2. The zero-order valence-corrected chi connectivity index (χ0v) is 19.3. The van der Waals surface area contributed by atoms with Gasteiger partial charge in [-0.15, -0.1) is 24.0 Å². The van der Waals surface area contributed by atoms with E-state index in [-0.39, 0.29) is 24.0 Å². The fourth-order valence-corrected chi connectivity index (χ4v) is 3.76. The van der Waals surface area contributed by atoms with Gasteiger partial charge in [-0.05, 0) is 38.6 Å². The second-order valence-electron chi connectivity index (χ2n) is 7.63. The minimum atomic E-state index is 0. The number of nitrogens with one attached hydrogen (secondary N) is 2. The number of piperidine rings is 1. The van der Waals surface area contributed by atoms with Gasteiger partial charge in [0, 0.05) is 52.4 Å². The molecule has 0 aliphatic carbocycles.